The summed E-state index contributed by atoms with van der Waals surface area (Å²) in [6.45, 7) is 12.4. The van der Waals surface area contributed by atoms with Gasteiger partial charge in [0.15, 0.2) is 0 Å². The average Bonchev–Trinajstić information content (AvgIpc) is 1.97. The standard InChI is InChI=1S/C14H24O2/c1-6-7-14(11(15)16)9-12(2,3)8-13(4,5)10-14/h6H,1,7-10H2,2-5H3,(H,15,16). The third kappa shape index (κ3) is 2.66. The predicted octanol–water partition coefficient (Wildman–Crippen LogP) is 3.87. The molecule has 0 aromatic heterocycles. The fourth-order valence-corrected chi connectivity index (χ4v) is 3.97. The summed E-state index contributed by atoms with van der Waals surface area (Å²) in [5.41, 5.74) is -0.403. The van der Waals surface area contributed by atoms with Gasteiger partial charge in [-0.1, -0.05) is 33.8 Å². The fraction of sp³-hybridized carbons (Fsp3) is 0.786. The van der Waals surface area contributed by atoms with E-state index in [2.05, 4.69) is 34.3 Å². The molecule has 1 N–H and O–H groups in total. The van der Waals surface area contributed by atoms with Crippen molar-refractivity contribution in [3.05, 3.63) is 12.7 Å². The number of rotatable bonds is 3. The molecule has 2 heteroatoms. The SMILES string of the molecule is C=CCC1(C(=O)O)CC(C)(C)CC(C)(C)C1. The van der Waals surface area contributed by atoms with Crippen molar-refractivity contribution in [3.8, 4) is 0 Å². The van der Waals surface area contributed by atoms with Crippen LogP contribution in [-0.2, 0) is 4.79 Å². The molecular weight excluding hydrogens is 200 g/mol. The van der Waals surface area contributed by atoms with Crippen molar-refractivity contribution in [2.75, 3.05) is 0 Å². The second-order valence-corrected chi connectivity index (χ2v) is 6.94. The second-order valence-electron chi connectivity index (χ2n) is 6.94. The number of carboxylic acids is 1. The zero-order valence-electron chi connectivity index (χ0n) is 11.0. The van der Waals surface area contributed by atoms with E-state index in [1.807, 2.05) is 0 Å². The molecule has 0 radical (unpaired) electrons. The summed E-state index contributed by atoms with van der Waals surface area (Å²) in [6.07, 6.45) is 4.93. The van der Waals surface area contributed by atoms with E-state index in [0.717, 1.165) is 19.3 Å². The van der Waals surface area contributed by atoms with Gasteiger partial charge in [0.2, 0.25) is 0 Å². The maximum Gasteiger partial charge on any atom is 0.309 e. The van der Waals surface area contributed by atoms with Crippen molar-refractivity contribution in [2.24, 2.45) is 16.2 Å². The molecule has 0 bridgehead atoms. The number of allylic oxidation sites excluding steroid dienone is 1. The van der Waals surface area contributed by atoms with Crippen LogP contribution in [0.2, 0.25) is 0 Å². The summed E-state index contributed by atoms with van der Waals surface area (Å²) in [5.74, 6) is -0.659. The summed E-state index contributed by atoms with van der Waals surface area (Å²) in [7, 11) is 0. The smallest absolute Gasteiger partial charge is 0.309 e. The largest absolute Gasteiger partial charge is 0.481 e. The third-order valence-corrected chi connectivity index (χ3v) is 3.58. The molecule has 0 unspecified atom stereocenters. The number of hydrogen-bond acceptors (Lipinski definition) is 1. The summed E-state index contributed by atoms with van der Waals surface area (Å²) >= 11 is 0. The van der Waals surface area contributed by atoms with Gasteiger partial charge in [-0.3, -0.25) is 4.79 Å². The van der Waals surface area contributed by atoms with Crippen molar-refractivity contribution < 1.29 is 9.90 Å². The molecule has 0 aliphatic heterocycles. The van der Waals surface area contributed by atoms with Crippen LogP contribution in [0.5, 0.6) is 0 Å². The zero-order valence-corrected chi connectivity index (χ0v) is 11.0. The Labute approximate surface area is 98.7 Å². The van der Waals surface area contributed by atoms with E-state index in [1.54, 1.807) is 6.08 Å². The monoisotopic (exact) mass is 224 g/mol. The molecule has 0 aromatic carbocycles. The fourth-order valence-electron chi connectivity index (χ4n) is 3.97. The molecule has 16 heavy (non-hydrogen) atoms. The van der Waals surface area contributed by atoms with Crippen LogP contribution in [0.1, 0.15) is 53.4 Å². The molecule has 0 spiro atoms. The highest BCUT2D eigenvalue weighted by Gasteiger charge is 2.50. The van der Waals surface area contributed by atoms with Crippen LogP contribution < -0.4 is 0 Å². The first kappa shape index (κ1) is 13.3. The molecule has 1 aliphatic carbocycles. The van der Waals surface area contributed by atoms with E-state index >= 15 is 0 Å². The van der Waals surface area contributed by atoms with Gasteiger partial charge in [0.1, 0.15) is 0 Å². The first-order chi connectivity index (χ1) is 7.13. The van der Waals surface area contributed by atoms with Gasteiger partial charge in [0, 0.05) is 0 Å². The van der Waals surface area contributed by atoms with Crippen LogP contribution in [0.25, 0.3) is 0 Å². The van der Waals surface area contributed by atoms with Crippen molar-refractivity contribution in [1.29, 1.82) is 0 Å². The molecule has 0 atom stereocenters. The molecular formula is C14H24O2. The summed E-state index contributed by atoms with van der Waals surface area (Å²) in [4.78, 5) is 11.6. The summed E-state index contributed by atoms with van der Waals surface area (Å²) < 4.78 is 0. The lowest BCUT2D eigenvalue weighted by Gasteiger charge is -2.49. The molecule has 1 rings (SSSR count). The molecule has 92 valence electrons. The van der Waals surface area contributed by atoms with Crippen LogP contribution in [0.15, 0.2) is 12.7 Å². The normalized spacial score (nSPS) is 26.0. The van der Waals surface area contributed by atoms with Gasteiger partial charge in [-0.2, -0.15) is 0 Å². The molecule has 2 nitrogen and oxygen atoms in total. The number of carbonyl (C=O) groups is 1. The number of hydrogen-bond donors (Lipinski definition) is 1. The number of carboxylic acid groups (broad SMARTS) is 1. The van der Waals surface area contributed by atoms with Gasteiger partial charge in [0.05, 0.1) is 5.41 Å². The van der Waals surface area contributed by atoms with E-state index in [4.69, 9.17) is 0 Å². The Morgan fingerprint density at radius 1 is 1.19 bits per heavy atom. The Hall–Kier alpha value is -0.790. The first-order valence-electron chi connectivity index (χ1n) is 5.97. The Morgan fingerprint density at radius 2 is 1.62 bits per heavy atom. The third-order valence-electron chi connectivity index (χ3n) is 3.58. The van der Waals surface area contributed by atoms with Crippen molar-refractivity contribution in [3.63, 3.8) is 0 Å². The van der Waals surface area contributed by atoms with Gasteiger partial charge in [-0.25, -0.2) is 0 Å². The van der Waals surface area contributed by atoms with E-state index in [-0.39, 0.29) is 10.8 Å². The maximum absolute atomic E-state index is 11.6. The Morgan fingerprint density at radius 3 is 1.94 bits per heavy atom. The highest BCUT2D eigenvalue weighted by Crippen LogP contribution is 2.55. The Bertz CT molecular complexity index is 284. The van der Waals surface area contributed by atoms with E-state index in [9.17, 15) is 9.90 Å². The van der Waals surface area contributed by atoms with Gasteiger partial charge >= 0.3 is 5.97 Å². The molecule has 0 aromatic rings. The highest BCUT2D eigenvalue weighted by atomic mass is 16.4. The van der Waals surface area contributed by atoms with Crippen LogP contribution in [0.3, 0.4) is 0 Å². The molecule has 1 fully saturated rings. The van der Waals surface area contributed by atoms with Crippen molar-refractivity contribution in [2.45, 2.75) is 53.4 Å². The van der Waals surface area contributed by atoms with E-state index < -0.39 is 11.4 Å². The molecule has 0 saturated heterocycles. The minimum Gasteiger partial charge on any atom is -0.481 e. The summed E-state index contributed by atoms with van der Waals surface area (Å²) in [5, 5.41) is 9.54. The molecule has 1 saturated carbocycles. The van der Waals surface area contributed by atoms with Gasteiger partial charge < -0.3 is 5.11 Å². The lowest BCUT2D eigenvalue weighted by Crippen LogP contribution is -2.45. The summed E-state index contributed by atoms with van der Waals surface area (Å²) in [6, 6.07) is 0. The second kappa shape index (κ2) is 3.90. The minimum atomic E-state index is -0.659. The predicted molar refractivity (Wildman–Crippen MR) is 66.3 cm³/mol. The molecule has 0 heterocycles. The molecule has 1 aliphatic rings. The van der Waals surface area contributed by atoms with Crippen LogP contribution in [0, 0.1) is 16.2 Å². The van der Waals surface area contributed by atoms with Gasteiger partial charge in [-0.15, -0.1) is 6.58 Å². The lowest BCUT2D eigenvalue weighted by atomic mass is 9.54. The van der Waals surface area contributed by atoms with Crippen LogP contribution in [-0.4, -0.2) is 11.1 Å². The van der Waals surface area contributed by atoms with Crippen molar-refractivity contribution in [1.82, 2.24) is 0 Å². The Kier molecular flexibility index (Phi) is 3.24. The van der Waals surface area contributed by atoms with Crippen molar-refractivity contribution >= 4 is 5.97 Å². The number of aliphatic carboxylic acids is 1. The quantitative estimate of drug-likeness (QED) is 0.739. The zero-order chi connectivity index (χ0) is 12.6. The lowest BCUT2D eigenvalue weighted by molar-refractivity contribution is -0.157. The average molecular weight is 224 g/mol. The maximum atomic E-state index is 11.6. The Balaban J connectivity index is 3.09. The van der Waals surface area contributed by atoms with Gasteiger partial charge in [-0.05, 0) is 36.5 Å². The first-order valence-corrected chi connectivity index (χ1v) is 5.97. The topological polar surface area (TPSA) is 37.3 Å². The minimum absolute atomic E-state index is 0.100. The van der Waals surface area contributed by atoms with Crippen LogP contribution >= 0.6 is 0 Å². The molecule has 0 amide bonds. The highest BCUT2D eigenvalue weighted by molar-refractivity contribution is 5.75. The van der Waals surface area contributed by atoms with Crippen LogP contribution in [0.4, 0.5) is 0 Å². The van der Waals surface area contributed by atoms with Gasteiger partial charge in [0.25, 0.3) is 0 Å². The van der Waals surface area contributed by atoms with E-state index in [1.165, 1.54) is 0 Å². The van der Waals surface area contributed by atoms with E-state index in [0.29, 0.717) is 6.42 Å².